The molecule has 0 aliphatic heterocycles. The molecule has 4 N–H and O–H groups in total. The van der Waals surface area contributed by atoms with E-state index in [9.17, 15) is 15.0 Å². The first kappa shape index (κ1) is 12.1. The molecule has 0 unspecified atom stereocenters. The van der Waals surface area contributed by atoms with Gasteiger partial charge in [0, 0.05) is 17.7 Å². The summed E-state index contributed by atoms with van der Waals surface area (Å²) in [5.74, 6) is -0.672. The van der Waals surface area contributed by atoms with Gasteiger partial charge in [-0.3, -0.25) is 4.79 Å². The van der Waals surface area contributed by atoms with Crippen molar-refractivity contribution in [2.45, 2.75) is 6.54 Å². The molecule has 0 bridgehead atoms. The zero-order valence-electron chi connectivity index (χ0n) is 9.63. The van der Waals surface area contributed by atoms with Crippen LogP contribution in [-0.4, -0.2) is 16.0 Å². The van der Waals surface area contributed by atoms with E-state index >= 15 is 0 Å². The number of nitrogens with two attached hydrogens (primary N) is 1. The predicted octanol–water partition coefficient (Wildman–Crippen LogP) is 1.79. The Morgan fingerprint density at radius 3 is 2.33 bits per heavy atom. The molecular formula is C14H13NO3. The Balaban J connectivity index is 2.50. The number of ketones is 1. The zero-order valence-corrected chi connectivity index (χ0v) is 9.63. The molecule has 2 rings (SSSR count). The minimum atomic E-state index is -0.303. The maximum Gasteiger partial charge on any atom is 0.196 e. The van der Waals surface area contributed by atoms with Gasteiger partial charge in [-0.2, -0.15) is 0 Å². The SMILES string of the molecule is NCc1c(O)ccc(C(=O)c2ccccc2)c1O. The Hall–Kier alpha value is -2.33. The summed E-state index contributed by atoms with van der Waals surface area (Å²) in [7, 11) is 0. The standard InChI is InChI=1S/C14H13NO3/c15-8-11-12(16)7-6-10(14(11)18)13(17)9-4-2-1-3-5-9/h1-7,16,18H,8,15H2. The van der Waals surface area contributed by atoms with Gasteiger partial charge in [0.25, 0.3) is 0 Å². The number of phenols is 2. The minimum Gasteiger partial charge on any atom is -0.507 e. The maximum absolute atomic E-state index is 12.2. The monoisotopic (exact) mass is 243 g/mol. The highest BCUT2D eigenvalue weighted by atomic mass is 16.3. The molecule has 2 aromatic carbocycles. The van der Waals surface area contributed by atoms with E-state index in [1.807, 2.05) is 0 Å². The van der Waals surface area contributed by atoms with Crippen LogP contribution in [0.1, 0.15) is 21.5 Å². The van der Waals surface area contributed by atoms with Crippen molar-refractivity contribution < 1.29 is 15.0 Å². The molecular weight excluding hydrogens is 230 g/mol. The number of rotatable bonds is 3. The molecule has 0 saturated heterocycles. The second-order valence-electron chi connectivity index (χ2n) is 3.86. The van der Waals surface area contributed by atoms with Crippen LogP contribution in [0.4, 0.5) is 0 Å². The van der Waals surface area contributed by atoms with Crippen LogP contribution in [0.3, 0.4) is 0 Å². The molecule has 0 aromatic heterocycles. The second-order valence-corrected chi connectivity index (χ2v) is 3.86. The van der Waals surface area contributed by atoms with Crippen LogP contribution >= 0.6 is 0 Å². The van der Waals surface area contributed by atoms with E-state index in [-0.39, 0.29) is 35.0 Å². The van der Waals surface area contributed by atoms with Gasteiger partial charge in [0.1, 0.15) is 11.5 Å². The van der Waals surface area contributed by atoms with Gasteiger partial charge in [0.15, 0.2) is 5.78 Å². The summed E-state index contributed by atoms with van der Waals surface area (Å²) >= 11 is 0. The topological polar surface area (TPSA) is 83.5 Å². The van der Waals surface area contributed by atoms with E-state index in [4.69, 9.17) is 5.73 Å². The third kappa shape index (κ3) is 2.06. The van der Waals surface area contributed by atoms with Gasteiger partial charge in [-0.1, -0.05) is 30.3 Å². The molecule has 4 heteroatoms. The first-order valence-corrected chi connectivity index (χ1v) is 5.48. The molecule has 0 atom stereocenters. The van der Waals surface area contributed by atoms with Crippen LogP contribution < -0.4 is 5.73 Å². The number of aromatic hydroxyl groups is 2. The van der Waals surface area contributed by atoms with E-state index in [0.29, 0.717) is 5.56 Å². The first-order valence-electron chi connectivity index (χ1n) is 5.48. The van der Waals surface area contributed by atoms with Crippen LogP contribution in [0.15, 0.2) is 42.5 Å². The summed E-state index contributed by atoms with van der Waals surface area (Å²) in [4.78, 5) is 12.2. The lowest BCUT2D eigenvalue weighted by Crippen LogP contribution is -2.05. The van der Waals surface area contributed by atoms with Crippen LogP contribution in [0, 0.1) is 0 Å². The summed E-state index contributed by atoms with van der Waals surface area (Å²) < 4.78 is 0. The number of carbonyl (C=O) groups excluding carboxylic acids is 1. The lowest BCUT2D eigenvalue weighted by molar-refractivity contribution is 0.103. The van der Waals surface area contributed by atoms with Crippen molar-refractivity contribution in [1.82, 2.24) is 0 Å². The average Bonchev–Trinajstić information content (AvgIpc) is 2.40. The van der Waals surface area contributed by atoms with Crippen LogP contribution in [-0.2, 0) is 6.54 Å². The molecule has 2 aromatic rings. The number of carbonyl (C=O) groups is 1. The Morgan fingerprint density at radius 1 is 1.06 bits per heavy atom. The fourth-order valence-corrected chi connectivity index (χ4v) is 1.76. The molecule has 0 spiro atoms. The van der Waals surface area contributed by atoms with Gasteiger partial charge < -0.3 is 15.9 Å². The van der Waals surface area contributed by atoms with Crippen molar-refractivity contribution in [2.24, 2.45) is 5.73 Å². The molecule has 18 heavy (non-hydrogen) atoms. The van der Waals surface area contributed by atoms with Gasteiger partial charge in [-0.15, -0.1) is 0 Å². The van der Waals surface area contributed by atoms with Crippen molar-refractivity contribution >= 4 is 5.78 Å². The van der Waals surface area contributed by atoms with Gasteiger partial charge in [0.2, 0.25) is 0 Å². The van der Waals surface area contributed by atoms with Crippen molar-refractivity contribution in [3.63, 3.8) is 0 Å². The highest BCUT2D eigenvalue weighted by molar-refractivity contribution is 6.11. The fourth-order valence-electron chi connectivity index (χ4n) is 1.76. The van der Waals surface area contributed by atoms with E-state index in [2.05, 4.69) is 0 Å². The molecule has 0 heterocycles. The molecule has 0 aliphatic rings. The lowest BCUT2D eigenvalue weighted by atomic mass is 9.99. The Labute approximate surface area is 104 Å². The normalized spacial score (nSPS) is 10.3. The van der Waals surface area contributed by atoms with Crippen LogP contribution in [0.25, 0.3) is 0 Å². The molecule has 0 fully saturated rings. The summed E-state index contributed by atoms with van der Waals surface area (Å²) in [6, 6.07) is 11.4. The van der Waals surface area contributed by atoms with Crippen molar-refractivity contribution in [3.8, 4) is 11.5 Å². The van der Waals surface area contributed by atoms with Gasteiger partial charge in [-0.05, 0) is 12.1 Å². The Kier molecular flexibility index (Phi) is 3.30. The first-order chi connectivity index (χ1) is 8.65. The van der Waals surface area contributed by atoms with Gasteiger partial charge in [-0.25, -0.2) is 0 Å². The molecule has 0 saturated carbocycles. The number of benzene rings is 2. The molecule has 92 valence electrons. The van der Waals surface area contributed by atoms with E-state index in [1.54, 1.807) is 30.3 Å². The zero-order chi connectivity index (χ0) is 13.1. The maximum atomic E-state index is 12.2. The molecule has 0 amide bonds. The third-order valence-corrected chi connectivity index (χ3v) is 2.74. The van der Waals surface area contributed by atoms with E-state index in [1.165, 1.54) is 12.1 Å². The van der Waals surface area contributed by atoms with Crippen LogP contribution in [0.5, 0.6) is 11.5 Å². The van der Waals surface area contributed by atoms with Gasteiger partial charge >= 0.3 is 0 Å². The smallest absolute Gasteiger partial charge is 0.196 e. The predicted molar refractivity (Wildman–Crippen MR) is 67.5 cm³/mol. The van der Waals surface area contributed by atoms with Crippen LogP contribution in [0.2, 0.25) is 0 Å². The summed E-state index contributed by atoms with van der Waals surface area (Å²) in [6.07, 6.45) is 0. The highest BCUT2D eigenvalue weighted by Gasteiger charge is 2.17. The summed E-state index contributed by atoms with van der Waals surface area (Å²) in [6.45, 7) is -0.0342. The minimum absolute atomic E-state index is 0.0342. The second kappa shape index (κ2) is 4.89. The number of phenolic OH excluding ortho intramolecular Hbond substituents is 2. The fraction of sp³-hybridized carbons (Fsp3) is 0.0714. The average molecular weight is 243 g/mol. The quantitative estimate of drug-likeness (QED) is 0.717. The lowest BCUT2D eigenvalue weighted by Gasteiger charge is -2.09. The number of hydrogen-bond donors (Lipinski definition) is 3. The Morgan fingerprint density at radius 2 is 1.72 bits per heavy atom. The molecule has 0 aliphatic carbocycles. The summed E-state index contributed by atoms with van der Waals surface area (Å²) in [5.41, 5.74) is 6.22. The largest absolute Gasteiger partial charge is 0.507 e. The number of hydrogen-bond acceptors (Lipinski definition) is 4. The van der Waals surface area contributed by atoms with Crippen molar-refractivity contribution in [2.75, 3.05) is 0 Å². The highest BCUT2D eigenvalue weighted by Crippen LogP contribution is 2.31. The summed E-state index contributed by atoms with van der Waals surface area (Å²) in [5, 5.41) is 19.5. The van der Waals surface area contributed by atoms with E-state index < -0.39 is 0 Å². The Bertz CT molecular complexity index is 579. The molecule has 4 nitrogen and oxygen atoms in total. The third-order valence-electron chi connectivity index (χ3n) is 2.74. The van der Waals surface area contributed by atoms with Crippen molar-refractivity contribution in [3.05, 3.63) is 59.2 Å². The van der Waals surface area contributed by atoms with E-state index in [0.717, 1.165) is 0 Å². The molecule has 0 radical (unpaired) electrons. The van der Waals surface area contributed by atoms with Gasteiger partial charge in [0.05, 0.1) is 5.56 Å². The van der Waals surface area contributed by atoms with Crippen molar-refractivity contribution in [1.29, 1.82) is 0 Å².